The van der Waals surface area contributed by atoms with Crippen LogP contribution in [0.4, 0.5) is 0 Å². The molecular formula is C12H14ClN. The lowest BCUT2D eigenvalue weighted by Gasteiger charge is -2.05. The molecule has 2 aromatic rings. The molecule has 0 unspecified atom stereocenters. The van der Waals surface area contributed by atoms with E-state index in [0.29, 0.717) is 0 Å². The molecule has 0 saturated carbocycles. The van der Waals surface area contributed by atoms with E-state index in [1.807, 2.05) is 13.2 Å². The number of aromatic nitrogens is 1. The van der Waals surface area contributed by atoms with E-state index in [2.05, 4.69) is 30.5 Å². The highest BCUT2D eigenvalue weighted by molar-refractivity contribution is 6.36. The first kappa shape index (κ1) is 9.60. The van der Waals surface area contributed by atoms with Crippen molar-refractivity contribution in [2.75, 3.05) is 0 Å². The summed E-state index contributed by atoms with van der Waals surface area (Å²) in [6.45, 7) is 4.31. The Bertz CT molecular complexity index is 483. The molecule has 74 valence electrons. The van der Waals surface area contributed by atoms with E-state index in [1.165, 1.54) is 22.0 Å². The van der Waals surface area contributed by atoms with Gasteiger partial charge in [0.05, 0.1) is 5.02 Å². The second kappa shape index (κ2) is 3.32. The topological polar surface area (TPSA) is 4.93 Å². The van der Waals surface area contributed by atoms with Gasteiger partial charge in [-0.3, -0.25) is 0 Å². The van der Waals surface area contributed by atoms with Crippen LogP contribution in [0.15, 0.2) is 18.3 Å². The molecule has 2 rings (SSSR count). The fourth-order valence-electron chi connectivity index (χ4n) is 2.06. The third-order valence-corrected chi connectivity index (χ3v) is 3.09. The monoisotopic (exact) mass is 207 g/mol. The first-order chi connectivity index (χ1) is 6.65. The van der Waals surface area contributed by atoms with Crippen molar-refractivity contribution in [2.45, 2.75) is 20.3 Å². The van der Waals surface area contributed by atoms with Crippen LogP contribution in [0.2, 0.25) is 5.02 Å². The molecule has 0 saturated heterocycles. The van der Waals surface area contributed by atoms with Crippen LogP contribution in [0.3, 0.4) is 0 Å². The maximum atomic E-state index is 6.21. The van der Waals surface area contributed by atoms with Crippen molar-refractivity contribution in [1.82, 2.24) is 4.57 Å². The second-order valence-electron chi connectivity index (χ2n) is 3.70. The van der Waals surface area contributed by atoms with Gasteiger partial charge < -0.3 is 4.57 Å². The Morgan fingerprint density at radius 3 is 2.71 bits per heavy atom. The number of nitrogens with zero attached hydrogens (tertiary/aromatic N) is 1. The smallest absolute Gasteiger partial charge is 0.0664 e. The summed E-state index contributed by atoms with van der Waals surface area (Å²) in [7, 11) is 2.03. The third kappa shape index (κ3) is 1.24. The second-order valence-corrected chi connectivity index (χ2v) is 4.10. The van der Waals surface area contributed by atoms with Gasteiger partial charge in [0.2, 0.25) is 0 Å². The van der Waals surface area contributed by atoms with Gasteiger partial charge in [0, 0.05) is 24.1 Å². The fourth-order valence-corrected chi connectivity index (χ4v) is 2.42. The Hall–Kier alpha value is -0.950. The van der Waals surface area contributed by atoms with Gasteiger partial charge in [-0.2, -0.15) is 0 Å². The van der Waals surface area contributed by atoms with Crippen molar-refractivity contribution in [3.05, 3.63) is 34.5 Å². The summed E-state index contributed by atoms with van der Waals surface area (Å²) in [6.07, 6.45) is 3.01. The van der Waals surface area contributed by atoms with Crippen molar-refractivity contribution in [1.29, 1.82) is 0 Å². The van der Waals surface area contributed by atoms with E-state index in [0.717, 1.165) is 11.4 Å². The first-order valence-corrected chi connectivity index (χ1v) is 5.26. The van der Waals surface area contributed by atoms with Gasteiger partial charge in [-0.15, -0.1) is 0 Å². The Kier molecular flexibility index (Phi) is 2.28. The highest BCUT2D eigenvalue weighted by Crippen LogP contribution is 2.30. The fraction of sp³-hybridized carbons (Fsp3) is 0.333. The molecule has 0 bridgehead atoms. The minimum absolute atomic E-state index is 0.864. The molecule has 0 aliphatic heterocycles. The molecule has 1 aromatic heterocycles. The van der Waals surface area contributed by atoms with Crippen molar-refractivity contribution < 1.29 is 0 Å². The number of benzene rings is 1. The van der Waals surface area contributed by atoms with Crippen LogP contribution in [0.1, 0.15) is 18.1 Å². The largest absolute Gasteiger partial charge is 0.349 e. The van der Waals surface area contributed by atoms with Crippen molar-refractivity contribution in [2.24, 2.45) is 7.05 Å². The predicted octanol–water partition coefficient (Wildman–Crippen LogP) is 3.70. The summed E-state index contributed by atoms with van der Waals surface area (Å²) < 4.78 is 2.08. The summed E-state index contributed by atoms with van der Waals surface area (Å²) in [4.78, 5) is 0. The van der Waals surface area contributed by atoms with Crippen LogP contribution >= 0.6 is 11.6 Å². The molecule has 2 heteroatoms. The zero-order chi connectivity index (χ0) is 10.3. The normalized spacial score (nSPS) is 11.1. The molecule has 0 atom stereocenters. The van der Waals surface area contributed by atoms with Gasteiger partial charge in [0.1, 0.15) is 0 Å². The highest BCUT2D eigenvalue weighted by atomic mass is 35.5. The molecule has 0 fully saturated rings. The number of aryl methyl sites for hydroxylation is 3. The molecule has 0 spiro atoms. The standard InChI is InChI=1S/C12H14ClN/c1-4-9-8(2)5-6-11-12(9)10(13)7-14(11)3/h5-7H,4H2,1-3H3. The van der Waals surface area contributed by atoms with Crippen molar-refractivity contribution in [3.8, 4) is 0 Å². The number of rotatable bonds is 1. The molecule has 0 amide bonds. The SMILES string of the molecule is CCc1c(C)ccc2c1c(Cl)cn2C. The average molecular weight is 208 g/mol. The van der Waals surface area contributed by atoms with Crippen LogP contribution in [0, 0.1) is 6.92 Å². The Labute approximate surface area is 89.3 Å². The molecule has 1 heterocycles. The van der Waals surface area contributed by atoms with Crippen LogP contribution in [-0.2, 0) is 13.5 Å². The molecule has 0 radical (unpaired) electrons. The quantitative estimate of drug-likeness (QED) is 0.672. The summed E-state index contributed by atoms with van der Waals surface area (Å²) >= 11 is 6.21. The van der Waals surface area contributed by atoms with Gasteiger partial charge in [-0.05, 0) is 30.5 Å². The lowest BCUT2D eigenvalue weighted by atomic mass is 10.0. The summed E-state index contributed by atoms with van der Waals surface area (Å²) in [5, 5.41) is 2.08. The Morgan fingerprint density at radius 1 is 1.36 bits per heavy atom. The number of halogens is 1. The minimum Gasteiger partial charge on any atom is -0.349 e. The molecule has 14 heavy (non-hydrogen) atoms. The van der Waals surface area contributed by atoms with Gasteiger partial charge >= 0.3 is 0 Å². The number of hydrogen-bond donors (Lipinski definition) is 0. The molecule has 0 aliphatic rings. The molecule has 0 N–H and O–H groups in total. The van der Waals surface area contributed by atoms with E-state index in [1.54, 1.807) is 0 Å². The third-order valence-electron chi connectivity index (χ3n) is 2.80. The van der Waals surface area contributed by atoms with E-state index < -0.39 is 0 Å². The minimum atomic E-state index is 0.864. The Balaban J connectivity index is 2.92. The molecule has 1 aromatic carbocycles. The van der Waals surface area contributed by atoms with Crippen LogP contribution in [0.5, 0.6) is 0 Å². The van der Waals surface area contributed by atoms with Crippen molar-refractivity contribution >= 4 is 22.5 Å². The lowest BCUT2D eigenvalue weighted by molar-refractivity contribution is 0.968. The van der Waals surface area contributed by atoms with E-state index in [9.17, 15) is 0 Å². The van der Waals surface area contributed by atoms with Gasteiger partial charge in [0.25, 0.3) is 0 Å². The number of hydrogen-bond acceptors (Lipinski definition) is 0. The molecule has 1 nitrogen and oxygen atoms in total. The van der Waals surface area contributed by atoms with E-state index in [4.69, 9.17) is 11.6 Å². The van der Waals surface area contributed by atoms with Crippen molar-refractivity contribution in [3.63, 3.8) is 0 Å². The summed E-state index contributed by atoms with van der Waals surface area (Å²) in [5.74, 6) is 0. The maximum Gasteiger partial charge on any atom is 0.0664 e. The average Bonchev–Trinajstić information content (AvgIpc) is 2.43. The van der Waals surface area contributed by atoms with Crippen LogP contribution in [-0.4, -0.2) is 4.57 Å². The summed E-state index contributed by atoms with van der Waals surface area (Å²) in [5.41, 5.74) is 3.92. The van der Waals surface area contributed by atoms with Gasteiger partial charge in [0.15, 0.2) is 0 Å². The van der Waals surface area contributed by atoms with Crippen LogP contribution in [0.25, 0.3) is 10.9 Å². The van der Waals surface area contributed by atoms with E-state index in [-0.39, 0.29) is 0 Å². The molecule has 0 aliphatic carbocycles. The lowest BCUT2D eigenvalue weighted by Crippen LogP contribution is -1.89. The zero-order valence-corrected chi connectivity index (χ0v) is 9.52. The van der Waals surface area contributed by atoms with Crippen LogP contribution < -0.4 is 0 Å². The predicted molar refractivity (Wildman–Crippen MR) is 62.0 cm³/mol. The molecular weight excluding hydrogens is 194 g/mol. The van der Waals surface area contributed by atoms with E-state index >= 15 is 0 Å². The van der Waals surface area contributed by atoms with Gasteiger partial charge in [-0.1, -0.05) is 24.6 Å². The van der Waals surface area contributed by atoms with Gasteiger partial charge in [-0.25, -0.2) is 0 Å². The maximum absolute atomic E-state index is 6.21. The number of fused-ring (bicyclic) bond motifs is 1. The zero-order valence-electron chi connectivity index (χ0n) is 8.76. The summed E-state index contributed by atoms with van der Waals surface area (Å²) in [6, 6.07) is 4.30. The highest BCUT2D eigenvalue weighted by Gasteiger charge is 2.09. The Morgan fingerprint density at radius 2 is 2.07 bits per heavy atom. The first-order valence-electron chi connectivity index (χ1n) is 4.88.